The zero-order valence-corrected chi connectivity index (χ0v) is 18.1. The van der Waals surface area contributed by atoms with E-state index in [4.69, 9.17) is 4.98 Å². The first-order valence-electron chi connectivity index (χ1n) is 9.79. The minimum absolute atomic E-state index is 0.322. The zero-order valence-electron chi connectivity index (χ0n) is 17.3. The molecule has 0 saturated carbocycles. The highest BCUT2D eigenvalue weighted by Gasteiger charge is 2.20. The summed E-state index contributed by atoms with van der Waals surface area (Å²) in [6, 6.07) is 4.62. The third-order valence-corrected chi connectivity index (χ3v) is 6.06. The maximum Gasteiger partial charge on any atom is 0.330 e. The third-order valence-electron chi connectivity index (χ3n) is 5.07. The summed E-state index contributed by atoms with van der Waals surface area (Å²) in [5.74, 6) is 0.790. The van der Waals surface area contributed by atoms with Crippen molar-refractivity contribution in [3.8, 4) is 0 Å². The number of fused-ring (bicyclic) bond motifs is 1. The van der Waals surface area contributed by atoms with Gasteiger partial charge in [0, 0.05) is 35.9 Å². The van der Waals surface area contributed by atoms with Crippen LogP contribution in [0, 0.1) is 6.92 Å². The molecule has 0 saturated heterocycles. The maximum absolute atomic E-state index is 12.4. The quantitative estimate of drug-likeness (QED) is 0.627. The van der Waals surface area contributed by atoms with Gasteiger partial charge in [-0.25, -0.2) is 9.78 Å². The molecule has 0 amide bonds. The molecule has 152 valence electrons. The Labute approximate surface area is 168 Å². The molecule has 0 unspecified atom stereocenters. The Morgan fingerprint density at radius 2 is 2.00 bits per heavy atom. The van der Waals surface area contributed by atoms with Crippen LogP contribution in [0.1, 0.15) is 49.2 Å². The van der Waals surface area contributed by atoms with E-state index in [1.54, 1.807) is 15.9 Å². The second kappa shape index (κ2) is 8.45. The predicted molar refractivity (Wildman–Crippen MR) is 114 cm³/mol. The van der Waals surface area contributed by atoms with E-state index >= 15 is 0 Å². The van der Waals surface area contributed by atoms with Gasteiger partial charge in [-0.1, -0.05) is 13.3 Å². The molecule has 0 bridgehead atoms. The molecule has 0 spiro atoms. The van der Waals surface area contributed by atoms with Gasteiger partial charge in [-0.3, -0.25) is 19.2 Å². The van der Waals surface area contributed by atoms with E-state index in [1.807, 2.05) is 11.6 Å². The van der Waals surface area contributed by atoms with E-state index in [0.29, 0.717) is 30.3 Å². The van der Waals surface area contributed by atoms with E-state index < -0.39 is 0 Å². The van der Waals surface area contributed by atoms with Crippen LogP contribution in [0.25, 0.3) is 11.2 Å². The number of H-pyrrole nitrogens is 1. The van der Waals surface area contributed by atoms with Crippen LogP contribution in [-0.4, -0.2) is 30.0 Å². The van der Waals surface area contributed by atoms with Crippen molar-refractivity contribution in [1.29, 1.82) is 0 Å². The molecule has 0 aliphatic heterocycles. The van der Waals surface area contributed by atoms with Crippen molar-refractivity contribution in [2.45, 2.75) is 66.2 Å². The molecule has 3 rings (SSSR count). The van der Waals surface area contributed by atoms with E-state index in [1.165, 1.54) is 9.75 Å². The van der Waals surface area contributed by atoms with Gasteiger partial charge in [0.05, 0.1) is 6.54 Å². The highest BCUT2D eigenvalue weighted by Crippen LogP contribution is 2.20. The molecule has 3 aromatic heterocycles. The third kappa shape index (κ3) is 4.12. The first-order valence-corrected chi connectivity index (χ1v) is 10.6. The molecular formula is C20H29N5O2S. The number of thiophene rings is 1. The number of aromatic nitrogens is 4. The Morgan fingerprint density at radius 3 is 2.61 bits per heavy atom. The van der Waals surface area contributed by atoms with Gasteiger partial charge < -0.3 is 4.57 Å². The molecule has 7 nitrogen and oxygen atoms in total. The maximum atomic E-state index is 12.4. The van der Waals surface area contributed by atoms with Crippen LogP contribution in [0.4, 0.5) is 0 Å². The Morgan fingerprint density at radius 1 is 1.25 bits per heavy atom. The first-order chi connectivity index (χ1) is 13.3. The van der Waals surface area contributed by atoms with Crippen molar-refractivity contribution in [3.63, 3.8) is 0 Å². The van der Waals surface area contributed by atoms with Gasteiger partial charge in [-0.2, -0.15) is 0 Å². The molecule has 0 aromatic carbocycles. The van der Waals surface area contributed by atoms with Gasteiger partial charge in [0.1, 0.15) is 5.82 Å². The fourth-order valence-corrected chi connectivity index (χ4v) is 4.25. The topological polar surface area (TPSA) is 75.9 Å². The number of nitrogens with one attached hydrogen (secondary N) is 1. The smallest absolute Gasteiger partial charge is 0.324 e. The molecule has 0 radical (unpaired) electrons. The van der Waals surface area contributed by atoms with Crippen molar-refractivity contribution in [3.05, 3.63) is 48.5 Å². The Balaban J connectivity index is 1.99. The minimum Gasteiger partial charge on any atom is -0.324 e. The summed E-state index contributed by atoms with van der Waals surface area (Å²) < 4.78 is 3.41. The summed E-state index contributed by atoms with van der Waals surface area (Å²) in [6.45, 7) is 10.5. The van der Waals surface area contributed by atoms with Crippen molar-refractivity contribution in [2.24, 2.45) is 7.05 Å². The summed E-state index contributed by atoms with van der Waals surface area (Å²) in [5, 5.41) is 0. The molecular weight excluding hydrogens is 374 g/mol. The van der Waals surface area contributed by atoms with Crippen LogP contribution in [0.5, 0.6) is 0 Å². The van der Waals surface area contributed by atoms with E-state index in [2.05, 4.69) is 49.7 Å². The van der Waals surface area contributed by atoms with Crippen LogP contribution in [0.3, 0.4) is 0 Å². The number of hydrogen-bond donors (Lipinski definition) is 1. The van der Waals surface area contributed by atoms with Gasteiger partial charge in [-0.05, 0) is 39.3 Å². The fourth-order valence-electron chi connectivity index (χ4n) is 3.33. The molecule has 0 aliphatic carbocycles. The van der Waals surface area contributed by atoms with E-state index in [9.17, 15) is 9.59 Å². The number of hydrogen-bond acceptors (Lipinski definition) is 5. The first kappa shape index (κ1) is 20.5. The summed E-state index contributed by atoms with van der Waals surface area (Å²) >= 11 is 1.80. The van der Waals surface area contributed by atoms with Crippen LogP contribution in [0.15, 0.2) is 21.7 Å². The van der Waals surface area contributed by atoms with Crippen molar-refractivity contribution in [1.82, 2.24) is 24.0 Å². The Hall–Kier alpha value is -2.19. The molecule has 28 heavy (non-hydrogen) atoms. The fraction of sp³-hybridized carbons (Fsp3) is 0.550. The van der Waals surface area contributed by atoms with Gasteiger partial charge in [0.2, 0.25) is 0 Å². The van der Waals surface area contributed by atoms with Gasteiger partial charge >= 0.3 is 5.69 Å². The van der Waals surface area contributed by atoms with Crippen molar-refractivity contribution >= 4 is 22.5 Å². The summed E-state index contributed by atoms with van der Waals surface area (Å²) in [5.41, 5.74) is 0.182. The molecule has 8 heteroatoms. The lowest BCUT2D eigenvalue weighted by Gasteiger charge is -2.25. The lowest BCUT2D eigenvalue weighted by molar-refractivity contribution is 0.199. The van der Waals surface area contributed by atoms with E-state index in [-0.39, 0.29) is 11.2 Å². The predicted octanol–water partition coefficient (Wildman–Crippen LogP) is 3.00. The molecule has 3 heterocycles. The minimum atomic E-state index is -0.384. The summed E-state index contributed by atoms with van der Waals surface area (Å²) in [6.07, 6.45) is 1.83. The van der Waals surface area contributed by atoms with Crippen LogP contribution in [0.2, 0.25) is 0 Å². The Bertz CT molecular complexity index is 1070. The average molecular weight is 404 g/mol. The van der Waals surface area contributed by atoms with Gasteiger partial charge in [0.25, 0.3) is 5.56 Å². The van der Waals surface area contributed by atoms with Gasteiger partial charge in [-0.15, -0.1) is 11.3 Å². The molecule has 0 fully saturated rings. The largest absolute Gasteiger partial charge is 0.330 e. The van der Waals surface area contributed by atoms with Crippen LogP contribution >= 0.6 is 11.3 Å². The van der Waals surface area contributed by atoms with Gasteiger partial charge in [0.15, 0.2) is 11.2 Å². The number of nitrogens with zero attached hydrogens (tertiary/aromatic N) is 4. The summed E-state index contributed by atoms with van der Waals surface area (Å²) in [7, 11) is 1.85. The monoisotopic (exact) mass is 403 g/mol. The van der Waals surface area contributed by atoms with Crippen LogP contribution < -0.4 is 11.2 Å². The lowest BCUT2D eigenvalue weighted by atomic mass is 10.3. The highest BCUT2D eigenvalue weighted by atomic mass is 32.1. The average Bonchev–Trinajstić information content (AvgIpc) is 3.18. The second-order valence-electron chi connectivity index (χ2n) is 7.53. The standard InChI is InChI=1S/C20H29N5O2S/c1-6-7-10-25-18-17(19(26)22-20(25)27)23(5)16(21-18)12-24(13(2)3)11-15-9-8-14(4)28-15/h8-9,13H,6-7,10-12H2,1-5H3,(H,22,26,27). The van der Waals surface area contributed by atoms with Crippen LogP contribution in [-0.2, 0) is 26.7 Å². The zero-order chi connectivity index (χ0) is 20.4. The Kier molecular flexibility index (Phi) is 6.20. The normalized spacial score (nSPS) is 12.0. The number of aryl methyl sites for hydroxylation is 3. The SMILES string of the molecule is CCCCn1c(=O)[nH]c(=O)c2c1nc(CN(Cc1ccc(C)s1)C(C)C)n2C. The number of imidazole rings is 1. The van der Waals surface area contributed by atoms with E-state index in [0.717, 1.165) is 25.2 Å². The number of aromatic amines is 1. The lowest BCUT2D eigenvalue weighted by Crippen LogP contribution is -2.31. The molecule has 1 N–H and O–H groups in total. The molecule has 0 atom stereocenters. The number of rotatable bonds is 8. The highest BCUT2D eigenvalue weighted by molar-refractivity contribution is 7.11. The van der Waals surface area contributed by atoms with Crippen molar-refractivity contribution < 1.29 is 0 Å². The number of unbranched alkanes of at least 4 members (excludes halogenated alkanes) is 1. The van der Waals surface area contributed by atoms with Crippen molar-refractivity contribution in [2.75, 3.05) is 0 Å². The molecule has 3 aromatic rings. The second-order valence-corrected chi connectivity index (χ2v) is 8.91. The summed E-state index contributed by atoms with van der Waals surface area (Å²) in [4.78, 5) is 36.8. The molecule has 0 aliphatic rings.